The second kappa shape index (κ2) is 6.48. The van der Waals surface area contributed by atoms with Crippen LogP contribution in [0.2, 0.25) is 5.02 Å². The summed E-state index contributed by atoms with van der Waals surface area (Å²) in [6.45, 7) is 1.97. The summed E-state index contributed by atoms with van der Waals surface area (Å²) < 4.78 is 0. The first kappa shape index (κ1) is 14.5. The molecule has 20 heavy (non-hydrogen) atoms. The summed E-state index contributed by atoms with van der Waals surface area (Å²) in [6.07, 6.45) is 2.52. The highest BCUT2D eigenvalue weighted by Crippen LogP contribution is 2.22. The fourth-order valence-electron chi connectivity index (χ4n) is 2.02. The first-order valence-corrected chi connectivity index (χ1v) is 6.76. The number of aliphatic carboxylic acids is 1. The monoisotopic (exact) mass is 290 g/mol. The Morgan fingerprint density at radius 2 is 2.15 bits per heavy atom. The molecule has 1 unspecified atom stereocenters. The number of hydrogen-bond donors (Lipinski definition) is 1. The van der Waals surface area contributed by atoms with Crippen molar-refractivity contribution in [1.82, 2.24) is 9.97 Å². The van der Waals surface area contributed by atoms with Gasteiger partial charge in [0.1, 0.15) is 12.2 Å². The molecule has 0 saturated carbocycles. The average molecular weight is 291 g/mol. The third-order valence-electron chi connectivity index (χ3n) is 3.09. The van der Waals surface area contributed by atoms with E-state index in [2.05, 4.69) is 9.97 Å². The zero-order chi connectivity index (χ0) is 14.5. The lowest BCUT2D eigenvalue weighted by Crippen LogP contribution is -2.16. The van der Waals surface area contributed by atoms with Gasteiger partial charge in [-0.3, -0.25) is 4.79 Å². The number of carboxylic acid groups (broad SMARTS) is 1. The van der Waals surface area contributed by atoms with Crippen LogP contribution in [0.25, 0.3) is 0 Å². The minimum Gasteiger partial charge on any atom is -0.481 e. The van der Waals surface area contributed by atoms with Crippen molar-refractivity contribution in [2.24, 2.45) is 0 Å². The number of benzene rings is 1. The molecule has 1 aromatic heterocycles. The predicted octanol–water partition coefficient (Wildman–Crippen LogP) is 3.10. The van der Waals surface area contributed by atoms with E-state index in [0.29, 0.717) is 17.1 Å². The molecule has 0 aliphatic heterocycles. The average Bonchev–Trinajstić information content (AvgIpc) is 2.44. The summed E-state index contributed by atoms with van der Waals surface area (Å²) in [4.78, 5) is 19.7. The second-order valence-corrected chi connectivity index (χ2v) is 4.95. The van der Waals surface area contributed by atoms with E-state index in [1.54, 1.807) is 18.2 Å². The van der Waals surface area contributed by atoms with E-state index < -0.39 is 11.9 Å². The SMILES string of the molecule is CCc1cc(C(Cc2cccc(Cl)c2)C(=O)O)ncn1. The Morgan fingerprint density at radius 3 is 2.80 bits per heavy atom. The molecule has 0 spiro atoms. The van der Waals surface area contributed by atoms with Crippen molar-refractivity contribution < 1.29 is 9.90 Å². The molecule has 0 saturated heterocycles. The lowest BCUT2D eigenvalue weighted by Gasteiger charge is -2.12. The van der Waals surface area contributed by atoms with E-state index in [0.717, 1.165) is 17.7 Å². The van der Waals surface area contributed by atoms with Gasteiger partial charge in [-0.2, -0.15) is 0 Å². The van der Waals surface area contributed by atoms with Gasteiger partial charge in [0.15, 0.2) is 0 Å². The summed E-state index contributed by atoms with van der Waals surface area (Å²) >= 11 is 5.93. The van der Waals surface area contributed by atoms with Crippen molar-refractivity contribution >= 4 is 17.6 Å². The Morgan fingerprint density at radius 1 is 1.35 bits per heavy atom. The van der Waals surface area contributed by atoms with E-state index in [-0.39, 0.29) is 0 Å². The van der Waals surface area contributed by atoms with Crippen LogP contribution < -0.4 is 0 Å². The molecule has 104 valence electrons. The van der Waals surface area contributed by atoms with Gasteiger partial charge in [0.2, 0.25) is 0 Å². The maximum absolute atomic E-state index is 11.5. The fourth-order valence-corrected chi connectivity index (χ4v) is 2.23. The zero-order valence-corrected chi connectivity index (χ0v) is 11.8. The van der Waals surface area contributed by atoms with Gasteiger partial charge < -0.3 is 5.11 Å². The Hall–Kier alpha value is -1.94. The minimum atomic E-state index is -0.897. The van der Waals surface area contributed by atoms with Crippen LogP contribution in [-0.4, -0.2) is 21.0 Å². The molecule has 2 rings (SSSR count). The number of halogens is 1. The fraction of sp³-hybridized carbons (Fsp3) is 0.267. The molecule has 0 amide bonds. The molecule has 0 aliphatic rings. The van der Waals surface area contributed by atoms with Gasteiger partial charge in [0, 0.05) is 10.7 Å². The minimum absolute atomic E-state index is 0.357. The van der Waals surface area contributed by atoms with Crippen LogP contribution in [0.3, 0.4) is 0 Å². The first-order valence-electron chi connectivity index (χ1n) is 6.38. The van der Waals surface area contributed by atoms with E-state index >= 15 is 0 Å². The van der Waals surface area contributed by atoms with Crippen LogP contribution in [-0.2, 0) is 17.6 Å². The summed E-state index contributed by atoms with van der Waals surface area (Å²) in [7, 11) is 0. The third-order valence-corrected chi connectivity index (χ3v) is 3.33. The Balaban J connectivity index is 2.29. The molecular weight excluding hydrogens is 276 g/mol. The van der Waals surface area contributed by atoms with Crippen molar-refractivity contribution in [3.63, 3.8) is 0 Å². The third kappa shape index (κ3) is 3.54. The molecule has 5 heteroatoms. The van der Waals surface area contributed by atoms with Crippen molar-refractivity contribution in [3.05, 3.63) is 58.6 Å². The lowest BCUT2D eigenvalue weighted by molar-refractivity contribution is -0.138. The zero-order valence-electron chi connectivity index (χ0n) is 11.1. The smallest absolute Gasteiger partial charge is 0.312 e. The number of nitrogens with zero attached hydrogens (tertiary/aromatic N) is 2. The van der Waals surface area contributed by atoms with Crippen molar-refractivity contribution in [3.8, 4) is 0 Å². The topological polar surface area (TPSA) is 63.1 Å². The van der Waals surface area contributed by atoms with E-state index in [9.17, 15) is 9.90 Å². The number of carbonyl (C=O) groups is 1. The molecule has 0 bridgehead atoms. The molecule has 1 N–H and O–H groups in total. The summed E-state index contributed by atoms with van der Waals surface area (Å²) in [6, 6.07) is 8.97. The molecule has 0 fully saturated rings. The molecule has 1 aromatic carbocycles. The Bertz CT molecular complexity index is 616. The van der Waals surface area contributed by atoms with Gasteiger partial charge in [-0.05, 0) is 36.6 Å². The largest absolute Gasteiger partial charge is 0.481 e. The molecular formula is C15H15ClN2O2. The molecule has 0 radical (unpaired) electrons. The number of aryl methyl sites for hydroxylation is 1. The highest BCUT2D eigenvalue weighted by atomic mass is 35.5. The van der Waals surface area contributed by atoms with Gasteiger partial charge >= 0.3 is 5.97 Å². The van der Waals surface area contributed by atoms with Crippen LogP contribution in [0.15, 0.2) is 36.7 Å². The van der Waals surface area contributed by atoms with Gasteiger partial charge in [-0.25, -0.2) is 9.97 Å². The summed E-state index contributed by atoms with van der Waals surface area (Å²) in [5, 5.41) is 10.0. The van der Waals surface area contributed by atoms with Crippen LogP contribution in [0.1, 0.15) is 29.8 Å². The quantitative estimate of drug-likeness (QED) is 0.919. The highest BCUT2D eigenvalue weighted by Gasteiger charge is 2.22. The van der Waals surface area contributed by atoms with Crippen LogP contribution in [0, 0.1) is 0 Å². The van der Waals surface area contributed by atoms with Gasteiger partial charge in [-0.1, -0.05) is 30.7 Å². The molecule has 1 heterocycles. The van der Waals surface area contributed by atoms with Crippen LogP contribution in [0.5, 0.6) is 0 Å². The Kier molecular flexibility index (Phi) is 4.69. The van der Waals surface area contributed by atoms with Crippen molar-refractivity contribution in [2.45, 2.75) is 25.7 Å². The summed E-state index contributed by atoms with van der Waals surface area (Å²) in [5.74, 6) is -1.59. The van der Waals surface area contributed by atoms with Crippen molar-refractivity contribution in [1.29, 1.82) is 0 Å². The first-order chi connectivity index (χ1) is 9.60. The number of carboxylic acids is 1. The number of rotatable bonds is 5. The maximum atomic E-state index is 11.5. The van der Waals surface area contributed by atoms with Gasteiger partial charge in [-0.15, -0.1) is 0 Å². The van der Waals surface area contributed by atoms with Gasteiger partial charge in [0.25, 0.3) is 0 Å². The van der Waals surface area contributed by atoms with Crippen LogP contribution in [0.4, 0.5) is 0 Å². The molecule has 2 aromatic rings. The predicted molar refractivity (Wildman–Crippen MR) is 76.9 cm³/mol. The molecule has 4 nitrogen and oxygen atoms in total. The second-order valence-electron chi connectivity index (χ2n) is 4.51. The molecule has 0 aliphatic carbocycles. The lowest BCUT2D eigenvalue weighted by atomic mass is 9.95. The number of hydrogen-bond acceptors (Lipinski definition) is 3. The van der Waals surface area contributed by atoms with E-state index in [1.807, 2.05) is 19.1 Å². The normalized spacial score (nSPS) is 12.1. The molecule has 1 atom stereocenters. The van der Waals surface area contributed by atoms with Gasteiger partial charge in [0.05, 0.1) is 5.69 Å². The Labute approximate surface area is 122 Å². The summed E-state index contributed by atoms with van der Waals surface area (Å²) in [5.41, 5.74) is 2.25. The highest BCUT2D eigenvalue weighted by molar-refractivity contribution is 6.30. The van der Waals surface area contributed by atoms with Crippen molar-refractivity contribution in [2.75, 3.05) is 0 Å². The van der Waals surface area contributed by atoms with Crippen LogP contribution >= 0.6 is 11.6 Å². The maximum Gasteiger partial charge on any atom is 0.312 e. The van der Waals surface area contributed by atoms with E-state index in [4.69, 9.17) is 11.6 Å². The standard InChI is InChI=1S/C15H15ClN2O2/c1-2-12-8-14(18-9-17-12)13(15(19)20)7-10-4-3-5-11(16)6-10/h3-6,8-9,13H,2,7H2,1H3,(H,19,20). The van der Waals surface area contributed by atoms with E-state index in [1.165, 1.54) is 6.33 Å². The number of aromatic nitrogens is 2.